The third kappa shape index (κ3) is 2.29. The smallest absolute Gasteiger partial charge is 0.137 e. The summed E-state index contributed by atoms with van der Waals surface area (Å²) in [6.45, 7) is 0.863. The molecule has 1 aromatic rings. The zero-order valence-corrected chi connectivity index (χ0v) is 8.49. The average Bonchev–Trinajstić information content (AvgIpc) is 2.08. The Morgan fingerprint density at radius 1 is 1.50 bits per heavy atom. The van der Waals surface area contributed by atoms with Crippen molar-refractivity contribution in [2.45, 2.75) is 6.42 Å². The molecule has 0 aliphatic carbocycles. The molecule has 1 N–H and O–H groups in total. The van der Waals surface area contributed by atoms with Gasteiger partial charge in [0.15, 0.2) is 0 Å². The van der Waals surface area contributed by atoms with Crippen LogP contribution in [0.25, 0.3) is 0 Å². The maximum Gasteiger partial charge on any atom is 0.137 e. The third-order valence-corrected chi connectivity index (χ3v) is 2.56. The molecule has 0 aliphatic rings. The Morgan fingerprint density at radius 2 is 2.25 bits per heavy atom. The van der Waals surface area contributed by atoms with Crippen molar-refractivity contribution in [3.05, 3.63) is 34.1 Å². The van der Waals surface area contributed by atoms with E-state index in [9.17, 15) is 4.39 Å². The van der Waals surface area contributed by atoms with Gasteiger partial charge in [0.25, 0.3) is 0 Å². The first-order valence-electron chi connectivity index (χ1n) is 3.83. The Balaban J connectivity index is 2.78. The second-order valence-electron chi connectivity index (χ2n) is 2.57. The lowest BCUT2D eigenvalue weighted by Crippen LogP contribution is -2.10. The standard InChI is InChI=1S/C9H11BrFN/c1-12-6-5-7-3-2-4-8(11)9(7)10/h2-4,12H,5-6H2,1H3. The van der Waals surface area contributed by atoms with E-state index in [-0.39, 0.29) is 5.82 Å². The minimum atomic E-state index is -0.191. The molecule has 66 valence electrons. The van der Waals surface area contributed by atoms with Gasteiger partial charge in [0.2, 0.25) is 0 Å². The van der Waals surface area contributed by atoms with Crippen LogP contribution in [0.4, 0.5) is 4.39 Å². The Kier molecular flexibility index (Phi) is 3.69. The van der Waals surface area contributed by atoms with Crippen LogP contribution in [0.2, 0.25) is 0 Å². The fourth-order valence-corrected chi connectivity index (χ4v) is 1.46. The van der Waals surface area contributed by atoms with E-state index < -0.39 is 0 Å². The quantitative estimate of drug-likeness (QED) is 0.843. The number of rotatable bonds is 3. The van der Waals surface area contributed by atoms with Crippen molar-refractivity contribution < 1.29 is 4.39 Å². The summed E-state index contributed by atoms with van der Waals surface area (Å²) in [5.74, 6) is -0.191. The lowest BCUT2D eigenvalue weighted by molar-refractivity contribution is 0.617. The maximum atomic E-state index is 12.9. The van der Waals surface area contributed by atoms with Crippen LogP contribution in [0.5, 0.6) is 0 Å². The number of nitrogens with one attached hydrogen (secondary N) is 1. The molecule has 0 fully saturated rings. The normalized spacial score (nSPS) is 10.2. The van der Waals surface area contributed by atoms with Gasteiger partial charge in [-0.05, 0) is 47.6 Å². The molecule has 0 bridgehead atoms. The summed E-state index contributed by atoms with van der Waals surface area (Å²) in [6.07, 6.45) is 0.842. The number of benzene rings is 1. The van der Waals surface area contributed by atoms with Gasteiger partial charge in [-0.2, -0.15) is 0 Å². The molecule has 0 aromatic heterocycles. The second-order valence-corrected chi connectivity index (χ2v) is 3.36. The predicted octanol–water partition coefficient (Wildman–Crippen LogP) is 2.35. The molecule has 0 aliphatic heterocycles. The van der Waals surface area contributed by atoms with Crippen LogP contribution in [-0.4, -0.2) is 13.6 Å². The molecule has 0 saturated carbocycles. The Bertz CT molecular complexity index is 263. The number of hydrogen-bond donors (Lipinski definition) is 1. The van der Waals surface area contributed by atoms with Crippen LogP contribution in [0.15, 0.2) is 22.7 Å². The first-order chi connectivity index (χ1) is 5.75. The van der Waals surface area contributed by atoms with E-state index in [1.54, 1.807) is 6.07 Å². The van der Waals surface area contributed by atoms with Crippen molar-refractivity contribution in [3.8, 4) is 0 Å². The molecule has 0 spiro atoms. The Labute approximate surface area is 80.1 Å². The van der Waals surface area contributed by atoms with Gasteiger partial charge in [-0.25, -0.2) is 4.39 Å². The van der Waals surface area contributed by atoms with Crippen LogP contribution >= 0.6 is 15.9 Å². The second kappa shape index (κ2) is 4.58. The van der Waals surface area contributed by atoms with Gasteiger partial charge in [-0.3, -0.25) is 0 Å². The fourth-order valence-electron chi connectivity index (χ4n) is 1.00. The number of hydrogen-bond acceptors (Lipinski definition) is 1. The molecule has 0 unspecified atom stereocenters. The average molecular weight is 232 g/mol. The first kappa shape index (κ1) is 9.68. The highest BCUT2D eigenvalue weighted by molar-refractivity contribution is 9.10. The van der Waals surface area contributed by atoms with Crippen molar-refractivity contribution in [2.24, 2.45) is 0 Å². The van der Waals surface area contributed by atoms with Gasteiger partial charge >= 0.3 is 0 Å². The Morgan fingerprint density at radius 3 is 2.92 bits per heavy atom. The monoisotopic (exact) mass is 231 g/mol. The summed E-state index contributed by atoms with van der Waals surface area (Å²) < 4.78 is 13.5. The van der Waals surface area contributed by atoms with E-state index in [1.807, 2.05) is 13.1 Å². The molecule has 1 aromatic carbocycles. The molecule has 12 heavy (non-hydrogen) atoms. The largest absolute Gasteiger partial charge is 0.319 e. The lowest BCUT2D eigenvalue weighted by Gasteiger charge is -2.03. The highest BCUT2D eigenvalue weighted by Gasteiger charge is 2.03. The Hall–Kier alpha value is -0.410. The van der Waals surface area contributed by atoms with Gasteiger partial charge < -0.3 is 5.32 Å². The van der Waals surface area contributed by atoms with E-state index in [0.29, 0.717) is 4.47 Å². The summed E-state index contributed by atoms with van der Waals surface area (Å²) in [7, 11) is 1.88. The lowest BCUT2D eigenvalue weighted by atomic mass is 10.1. The molecule has 1 rings (SSSR count). The predicted molar refractivity (Wildman–Crippen MR) is 51.7 cm³/mol. The summed E-state index contributed by atoms with van der Waals surface area (Å²) >= 11 is 3.21. The summed E-state index contributed by atoms with van der Waals surface area (Å²) in [5.41, 5.74) is 1.00. The molecule has 0 radical (unpaired) electrons. The third-order valence-electron chi connectivity index (χ3n) is 1.68. The first-order valence-corrected chi connectivity index (χ1v) is 4.62. The van der Waals surface area contributed by atoms with Gasteiger partial charge in [-0.15, -0.1) is 0 Å². The SMILES string of the molecule is CNCCc1cccc(F)c1Br. The molecule has 0 amide bonds. The topological polar surface area (TPSA) is 12.0 Å². The molecule has 3 heteroatoms. The van der Waals surface area contributed by atoms with Gasteiger partial charge in [0, 0.05) is 0 Å². The molecular weight excluding hydrogens is 221 g/mol. The van der Waals surface area contributed by atoms with Crippen molar-refractivity contribution in [2.75, 3.05) is 13.6 Å². The van der Waals surface area contributed by atoms with E-state index in [2.05, 4.69) is 21.2 Å². The van der Waals surface area contributed by atoms with Crippen LogP contribution in [0.3, 0.4) is 0 Å². The van der Waals surface area contributed by atoms with Crippen LogP contribution in [0.1, 0.15) is 5.56 Å². The van der Waals surface area contributed by atoms with Gasteiger partial charge in [0.1, 0.15) is 5.82 Å². The molecular formula is C9H11BrFN. The van der Waals surface area contributed by atoms with Crippen molar-refractivity contribution >= 4 is 15.9 Å². The molecule has 1 nitrogen and oxygen atoms in total. The highest BCUT2D eigenvalue weighted by atomic mass is 79.9. The van der Waals surface area contributed by atoms with Crippen molar-refractivity contribution in [3.63, 3.8) is 0 Å². The molecule has 0 heterocycles. The molecule has 0 atom stereocenters. The van der Waals surface area contributed by atoms with E-state index in [0.717, 1.165) is 18.5 Å². The van der Waals surface area contributed by atoms with Crippen molar-refractivity contribution in [1.29, 1.82) is 0 Å². The van der Waals surface area contributed by atoms with Crippen molar-refractivity contribution in [1.82, 2.24) is 5.32 Å². The van der Waals surface area contributed by atoms with Gasteiger partial charge in [-0.1, -0.05) is 12.1 Å². The minimum Gasteiger partial charge on any atom is -0.319 e. The number of likely N-dealkylation sites (N-methyl/N-ethyl adjacent to an activating group) is 1. The minimum absolute atomic E-state index is 0.191. The number of halogens is 2. The zero-order chi connectivity index (χ0) is 8.97. The summed E-state index contributed by atoms with van der Waals surface area (Å²) in [5, 5.41) is 3.02. The van der Waals surface area contributed by atoms with Crippen LogP contribution in [0, 0.1) is 5.82 Å². The van der Waals surface area contributed by atoms with Gasteiger partial charge in [0.05, 0.1) is 4.47 Å². The van der Waals surface area contributed by atoms with E-state index in [4.69, 9.17) is 0 Å². The summed E-state index contributed by atoms with van der Waals surface area (Å²) in [6, 6.07) is 5.10. The highest BCUT2D eigenvalue weighted by Crippen LogP contribution is 2.20. The summed E-state index contributed by atoms with van der Waals surface area (Å²) in [4.78, 5) is 0. The fraction of sp³-hybridized carbons (Fsp3) is 0.333. The van der Waals surface area contributed by atoms with Crippen LogP contribution < -0.4 is 5.32 Å². The van der Waals surface area contributed by atoms with E-state index in [1.165, 1.54) is 6.07 Å². The maximum absolute atomic E-state index is 12.9. The molecule has 0 saturated heterocycles. The van der Waals surface area contributed by atoms with Crippen LogP contribution in [-0.2, 0) is 6.42 Å². The zero-order valence-electron chi connectivity index (χ0n) is 6.90. The van der Waals surface area contributed by atoms with E-state index >= 15 is 0 Å².